The number of rotatable bonds is 3. The van der Waals surface area contributed by atoms with E-state index in [-0.39, 0.29) is 0 Å². The zero-order valence-electron chi connectivity index (χ0n) is 5.29. The highest BCUT2D eigenvalue weighted by Gasteiger charge is 1.85. The van der Waals surface area contributed by atoms with Crippen molar-refractivity contribution in [3.8, 4) is 0 Å². The van der Waals surface area contributed by atoms with Crippen molar-refractivity contribution in [1.29, 1.82) is 0 Å². The van der Waals surface area contributed by atoms with Crippen LogP contribution in [-0.4, -0.2) is 18.7 Å². The van der Waals surface area contributed by atoms with Crippen molar-refractivity contribution in [3.63, 3.8) is 0 Å². The van der Waals surface area contributed by atoms with Gasteiger partial charge >= 0.3 is 0 Å². The second-order valence-electron chi connectivity index (χ2n) is 1.42. The van der Waals surface area contributed by atoms with Crippen LogP contribution >= 0.6 is 0 Å². The summed E-state index contributed by atoms with van der Waals surface area (Å²) in [5, 5.41) is 0. The second-order valence-corrected chi connectivity index (χ2v) is 1.42. The minimum Gasteiger partial charge on any atom is -0.246 e. The summed E-state index contributed by atoms with van der Waals surface area (Å²) < 4.78 is 11.9. The predicted octanol–water partition coefficient (Wildman–Crippen LogP) is 1.59. The first-order valence-electron chi connectivity index (χ1n) is 2.57. The molecule has 0 aliphatic rings. The first-order chi connectivity index (χ1) is 4.27. The number of nitrogens with zero attached hydrogens (tertiary/aromatic N) is 2. The monoisotopic (exact) mass is 128 g/mol. The Kier molecular flexibility index (Phi) is 4.59. The lowest BCUT2D eigenvalue weighted by atomic mass is 10.5. The van der Waals surface area contributed by atoms with Crippen LogP contribution in [0.4, 0.5) is 4.39 Å². The fourth-order valence-electron chi connectivity index (χ4n) is 0.243. The molecule has 0 spiro atoms. The Morgan fingerprint density at radius 3 is 2.67 bits per heavy atom. The summed E-state index contributed by atoms with van der Waals surface area (Å²) in [6.45, 7) is 4.71. The largest absolute Gasteiger partial charge is 0.246 e. The van der Waals surface area contributed by atoms with E-state index in [1.54, 1.807) is 0 Å². The quantitative estimate of drug-likeness (QED) is 0.407. The third kappa shape index (κ3) is 7.01. The number of hydrogen-bond donors (Lipinski definition) is 0. The van der Waals surface area contributed by atoms with E-state index >= 15 is 0 Å². The van der Waals surface area contributed by atoms with E-state index in [1.807, 2.05) is 0 Å². The highest BCUT2D eigenvalue weighted by Crippen LogP contribution is 1.79. The lowest BCUT2D eigenvalue weighted by Gasteiger charge is -1.83. The molecule has 3 heteroatoms. The molecule has 2 nitrogen and oxygen atoms in total. The fourth-order valence-corrected chi connectivity index (χ4v) is 0.243. The summed E-state index contributed by atoms with van der Waals surface area (Å²) in [7, 11) is 0. The van der Waals surface area contributed by atoms with Gasteiger partial charge in [-0.1, -0.05) is 6.58 Å². The van der Waals surface area contributed by atoms with E-state index in [0.717, 1.165) is 6.21 Å². The molecule has 0 aromatic heterocycles. The molecule has 0 aromatic rings. The summed E-state index contributed by atoms with van der Waals surface area (Å²) in [5.74, 6) is 0. The minimum atomic E-state index is -1.01. The third-order valence-corrected chi connectivity index (χ3v) is 0.530. The molecule has 0 saturated carbocycles. The highest BCUT2D eigenvalue weighted by molar-refractivity contribution is 5.74. The van der Waals surface area contributed by atoms with Crippen molar-refractivity contribution in [2.24, 2.45) is 9.98 Å². The number of alkyl halides is 1. The molecule has 0 N–H and O–H groups in total. The van der Waals surface area contributed by atoms with Crippen molar-refractivity contribution >= 4 is 12.6 Å². The molecule has 0 bridgehead atoms. The smallest absolute Gasteiger partial charge is 0.132 e. The van der Waals surface area contributed by atoms with Crippen LogP contribution in [0.3, 0.4) is 0 Å². The maximum Gasteiger partial charge on any atom is 0.132 e. The predicted molar refractivity (Wildman–Crippen MR) is 37.8 cm³/mol. The molecule has 0 radical (unpaired) electrons. The number of hydrogen-bond acceptors (Lipinski definition) is 1. The molecule has 0 rings (SSSR count). The van der Waals surface area contributed by atoms with Gasteiger partial charge in [-0.05, 0) is 6.92 Å². The first-order valence-corrected chi connectivity index (χ1v) is 2.57. The van der Waals surface area contributed by atoms with E-state index < -0.39 is 6.17 Å². The Labute approximate surface area is 53.8 Å². The van der Waals surface area contributed by atoms with Crippen LogP contribution in [0.15, 0.2) is 22.8 Å². The summed E-state index contributed by atoms with van der Waals surface area (Å²) >= 11 is 0. The second kappa shape index (κ2) is 5.15. The molecule has 0 aromatic carbocycles. The number of halogens is 1. The zero-order chi connectivity index (χ0) is 7.11. The van der Waals surface area contributed by atoms with Crippen LogP contribution in [0.25, 0.3) is 0 Å². The first kappa shape index (κ1) is 8.01. The topological polar surface area (TPSA) is 24.7 Å². The Morgan fingerprint density at radius 2 is 2.22 bits per heavy atom. The zero-order valence-corrected chi connectivity index (χ0v) is 5.29. The molecule has 0 saturated heterocycles. The van der Waals surface area contributed by atoms with Gasteiger partial charge in [0.15, 0.2) is 0 Å². The summed E-state index contributed by atoms with van der Waals surface area (Å²) in [6, 6.07) is 0. The van der Waals surface area contributed by atoms with Gasteiger partial charge < -0.3 is 0 Å². The Hall–Kier alpha value is -0.990. The Bertz CT molecular complexity index is 127. The van der Waals surface area contributed by atoms with Crippen LogP contribution in [0.2, 0.25) is 0 Å². The highest BCUT2D eigenvalue weighted by atomic mass is 19.1. The molecule has 0 heterocycles. The van der Waals surface area contributed by atoms with Crippen molar-refractivity contribution in [2.45, 2.75) is 13.1 Å². The molecule has 1 unspecified atom stereocenters. The van der Waals surface area contributed by atoms with Crippen LogP contribution in [0.5, 0.6) is 0 Å². The normalized spacial score (nSPS) is 14.9. The maximum atomic E-state index is 11.9. The van der Waals surface area contributed by atoms with Crippen molar-refractivity contribution in [1.82, 2.24) is 0 Å². The molecular weight excluding hydrogens is 119 g/mol. The molecule has 50 valence electrons. The van der Waals surface area contributed by atoms with Crippen LogP contribution < -0.4 is 0 Å². The van der Waals surface area contributed by atoms with E-state index in [9.17, 15) is 4.39 Å². The van der Waals surface area contributed by atoms with Gasteiger partial charge in [0, 0.05) is 12.4 Å². The van der Waals surface area contributed by atoms with Gasteiger partial charge in [0.05, 0.1) is 0 Å². The molecular formula is C6H9FN2. The summed E-state index contributed by atoms with van der Waals surface area (Å²) in [4.78, 5) is 7.02. The van der Waals surface area contributed by atoms with Gasteiger partial charge in [-0.3, -0.25) is 0 Å². The van der Waals surface area contributed by atoms with E-state index in [1.165, 1.54) is 19.5 Å². The summed E-state index contributed by atoms with van der Waals surface area (Å²) in [6.07, 6.45) is 2.72. The molecule has 1 atom stereocenters. The van der Waals surface area contributed by atoms with Crippen molar-refractivity contribution < 1.29 is 4.39 Å². The molecule has 0 amide bonds. The SMILES string of the molecule is C=C/N=C\N=C/C(C)F. The van der Waals surface area contributed by atoms with Gasteiger partial charge in [0.25, 0.3) is 0 Å². The number of aliphatic imine (C=N–C) groups is 2. The summed E-state index contributed by atoms with van der Waals surface area (Å²) in [5.41, 5.74) is 0. The van der Waals surface area contributed by atoms with Gasteiger partial charge in [0.1, 0.15) is 12.5 Å². The van der Waals surface area contributed by atoms with Gasteiger partial charge in [0.2, 0.25) is 0 Å². The van der Waals surface area contributed by atoms with Crippen LogP contribution in [0, 0.1) is 0 Å². The average Bonchev–Trinajstić information content (AvgIpc) is 1.80. The van der Waals surface area contributed by atoms with Crippen molar-refractivity contribution in [2.75, 3.05) is 0 Å². The lowest BCUT2D eigenvalue weighted by molar-refractivity contribution is 0.462. The van der Waals surface area contributed by atoms with Crippen molar-refractivity contribution in [3.05, 3.63) is 12.8 Å². The average molecular weight is 128 g/mol. The maximum absolute atomic E-state index is 11.9. The van der Waals surface area contributed by atoms with Crippen LogP contribution in [-0.2, 0) is 0 Å². The fraction of sp³-hybridized carbons (Fsp3) is 0.333. The van der Waals surface area contributed by atoms with Gasteiger partial charge in [-0.2, -0.15) is 0 Å². The van der Waals surface area contributed by atoms with E-state index in [4.69, 9.17) is 0 Å². The Balaban J connectivity index is 3.46. The van der Waals surface area contributed by atoms with Crippen LogP contribution in [0.1, 0.15) is 6.92 Å². The van der Waals surface area contributed by atoms with Gasteiger partial charge in [-0.15, -0.1) is 0 Å². The standard InChI is InChI=1S/C6H9FN2/c1-3-8-5-9-4-6(2)7/h3-6H,1H2,2H3/b8-5-,9-4-. The third-order valence-electron chi connectivity index (χ3n) is 0.530. The lowest BCUT2D eigenvalue weighted by Crippen LogP contribution is -1.91. The molecule has 0 aliphatic carbocycles. The minimum absolute atomic E-state index is 1.01. The van der Waals surface area contributed by atoms with E-state index in [0.29, 0.717) is 0 Å². The van der Waals surface area contributed by atoms with E-state index in [2.05, 4.69) is 16.6 Å². The Morgan fingerprint density at radius 1 is 1.56 bits per heavy atom. The molecule has 0 fully saturated rings. The molecule has 9 heavy (non-hydrogen) atoms. The van der Waals surface area contributed by atoms with Gasteiger partial charge in [-0.25, -0.2) is 14.4 Å². The molecule has 0 aliphatic heterocycles.